The molecule has 2 heteroatoms. The molecule has 0 aliphatic heterocycles. The minimum Gasteiger partial charge on any atom is -0.358 e. The third kappa shape index (κ3) is 2.34. The predicted molar refractivity (Wildman–Crippen MR) is 121 cm³/mol. The molecule has 0 atom stereocenters. The van der Waals surface area contributed by atoms with Crippen LogP contribution in [0.1, 0.15) is 41.4 Å². The SMILES string of the molecule is C=Cc1c(/C(=C\C)c2ccc3c4c([nH]c3c2)CCC=C4)n(C)c2ccccc12. The minimum atomic E-state index is 1.09. The van der Waals surface area contributed by atoms with Crippen LogP contribution in [-0.4, -0.2) is 9.55 Å². The lowest BCUT2D eigenvalue weighted by molar-refractivity contribution is 0.946. The first-order valence-corrected chi connectivity index (χ1v) is 9.91. The Hall–Kier alpha value is -3.26. The van der Waals surface area contributed by atoms with Gasteiger partial charge < -0.3 is 9.55 Å². The van der Waals surface area contributed by atoms with Gasteiger partial charge in [0.15, 0.2) is 0 Å². The van der Waals surface area contributed by atoms with Gasteiger partial charge in [-0.1, -0.05) is 61.2 Å². The number of hydrogen-bond acceptors (Lipinski definition) is 0. The van der Waals surface area contributed by atoms with E-state index in [4.69, 9.17) is 0 Å². The van der Waals surface area contributed by atoms with Gasteiger partial charge in [-0.3, -0.25) is 0 Å². The molecule has 2 aromatic carbocycles. The smallest absolute Gasteiger partial charge is 0.0564 e. The largest absolute Gasteiger partial charge is 0.358 e. The fraction of sp³-hybridized carbons (Fsp3) is 0.154. The van der Waals surface area contributed by atoms with Crippen molar-refractivity contribution < 1.29 is 0 Å². The van der Waals surface area contributed by atoms with Gasteiger partial charge in [0.05, 0.1) is 5.69 Å². The van der Waals surface area contributed by atoms with Crippen molar-refractivity contribution in [2.45, 2.75) is 19.8 Å². The Labute approximate surface area is 165 Å². The zero-order valence-electron chi connectivity index (χ0n) is 16.4. The number of nitrogens with one attached hydrogen (secondary N) is 1. The molecule has 0 saturated heterocycles. The second-order valence-electron chi connectivity index (χ2n) is 7.46. The molecule has 0 bridgehead atoms. The molecule has 2 heterocycles. The van der Waals surface area contributed by atoms with Crippen molar-refractivity contribution in [2.24, 2.45) is 7.05 Å². The van der Waals surface area contributed by atoms with Crippen LogP contribution in [0, 0.1) is 0 Å². The summed E-state index contributed by atoms with van der Waals surface area (Å²) in [5, 5.41) is 2.56. The van der Waals surface area contributed by atoms with Crippen LogP contribution >= 0.6 is 0 Å². The Balaban J connectivity index is 1.72. The maximum Gasteiger partial charge on any atom is 0.0564 e. The van der Waals surface area contributed by atoms with E-state index < -0.39 is 0 Å². The van der Waals surface area contributed by atoms with Crippen LogP contribution in [0.15, 0.2) is 61.2 Å². The van der Waals surface area contributed by atoms with Crippen LogP contribution in [0.2, 0.25) is 0 Å². The molecule has 0 unspecified atom stereocenters. The van der Waals surface area contributed by atoms with Crippen molar-refractivity contribution in [1.82, 2.24) is 9.55 Å². The Morgan fingerprint density at radius 2 is 2.00 bits per heavy atom. The zero-order chi connectivity index (χ0) is 19.3. The number of H-pyrrole nitrogens is 1. The van der Waals surface area contributed by atoms with Crippen LogP contribution in [0.3, 0.4) is 0 Å². The number of para-hydroxylation sites is 1. The number of aromatic amines is 1. The van der Waals surface area contributed by atoms with Crippen LogP contribution in [-0.2, 0) is 13.5 Å². The topological polar surface area (TPSA) is 20.7 Å². The molecule has 0 spiro atoms. The highest BCUT2D eigenvalue weighted by atomic mass is 15.0. The number of nitrogens with zero attached hydrogens (tertiary/aromatic N) is 1. The summed E-state index contributed by atoms with van der Waals surface area (Å²) in [4.78, 5) is 3.65. The summed E-state index contributed by atoms with van der Waals surface area (Å²) in [6.45, 7) is 6.22. The molecular weight excluding hydrogens is 340 g/mol. The van der Waals surface area contributed by atoms with Crippen molar-refractivity contribution in [3.05, 3.63) is 89.3 Å². The van der Waals surface area contributed by atoms with Gasteiger partial charge in [0.25, 0.3) is 0 Å². The zero-order valence-corrected chi connectivity index (χ0v) is 16.4. The van der Waals surface area contributed by atoms with Crippen LogP contribution in [0.5, 0.6) is 0 Å². The molecule has 1 aliphatic carbocycles. The standard InChI is InChI=1S/C26H24N2/c1-4-18(26-19(5-2)22-11-7-9-13-25(22)28(26)3)17-14-15-21-20-10-6-8-12-23(20)27-24(21)16-17/h4-7,9-11,13-16,27H,2,8,12H2,1,3H3/b18-4-. The molecule has 0 saturated carbocycles. The summed E-state index contributed by atoms with van der Waals surface area (Å²) in [5.74, 6) is 0. The van der Waals surface area contributed by atoms with Crippen molar-refractivity contribution in [1.29, 1.82) is 0 Å². The average molecular weight is 364 g/mol. The molecule has 28 heavy (non-hydrogen) atoms. The summed E-state index contributed by atoms with van der Waals surface area (Å²) in [5.41, 5.74) is 10.0. The maximum absolute atomic E-state index is 4.11. The van der Waals surface area contributed by atoms with Gasteiger partial charge >= 0.3 is 0 Å². The summed E-state index contributed by atoms with van der Waals surface area (Å²) >= 11 is 0. The van der Waals surface area contributed by atoms with Gasteiger partial charge in [-0.05, 0) is 37.5 Å². The van der Waals surface area contributed by atoms with E-state index in [2.05, 4.69) is 90.8 Å². The Kier molecular flexibility index (Phi) is 3.87. The second-order valence-corrected chi connectivity index (χ2v) is 7.46. The fourth-order valence-electron chi connectivity index (χ4n) is 4.65. The highest BCUT2D eigenvalue weighted by Crippen LogP contribution is 2.36. The van der Waals surface area contributed by atoms with Gasteiger partial charge in [-0.2, -0.15) is 0 Å². The van der Waals surface area contributed by atoms with Crippen molar-refractivity contribution >= 4 is 39.5 Å². The summed E-state index contributed by atoms with van der Waals surface area (Å²) in [6, 6.07) is 15.3. The van der Waals surface area contributed by atoms with E-state index in [0.29, 0.717) is 0 Å². The maximum atomic E-state index is 4.11. The molecule has 1 N–H and O–H groups in total. The lowest BCUT2D eigenvalue weighted by Crippen LogP contribution is -1.98. The van der Waals surface area contributed by atoms with E-state index in [0.717, 1.165) is 12.8 Å². The number of rotatable bonds is 3. The van der Waals surface area contributed by atoms with Crippen LogP contribution in [0.25, 0.3) is 39.5 Å². The first kappa shape index (κ1) is 16.9. The third-order valence-corrected chi connectivity index (χ3v) is 5.97. The number of allylic oxidation sites excluding steroid dienone is 2. The number of fused-ring (bicyclic) bond motifs is 4. The quantitative estimate of drug-likeness (QED) is 0.417. The summed E-state index contributed by atoms with van der Waals surface area (Å²) in [7, 11) is 2.14. The third-order valence-electron chi connectivity index (χ3n) is 5.97. The molecule has 2 nitrogen and oxygen atoms in total. The van der Waals surface area contributed by atoms with E-state index in [1.807, 2.05) is 6.08 Å². The first-order chi connectivity index (χ1) is 13.7. The molecule has 2 aromatic heterocycles. The Bertz CT molecular complexity index is 1290. The molecule has 0 amide bonds. The van der Waals surface area contributed by atoms with E-state index in [1.54, 1.807) is 0 Å². The average Bonchev–Trinajstić information content (AvgIpc) is 3.24. The molecule has 4 aromatic rings. The van der Waals surface area contributed by atoms with Gasteiger partial charge in [0.2, 0.25) is 0 Å². The number of aromatic nitrogens is 2. The summed E-state index contributed by atoms with van der Waals surface area (Å²) < 4.78 is 2.29. The predicted octanol–water partition coefficient (Wildman–Crippen LogP) is 6.71. The molecule has 5 rings (SSSR count). The number of benzene rings is 2. The van der Waals surface area contributed by atoms with E-state index >= 15 is 0 Å². The molecular formula is C26H24N2. The fourth-order valence-corrected chi connectivity index (χ4v) is 4.65. The molecule has 138 valence electrons. The minimum absolute atomic E-state index is 1.09. The highest BCUT2D eigenvalue weighted by Gasteiger charge is 2.18. The monoisotopic (exact) mass is 364 g/mol. The first-order valence-electron chi connectivity index (χ1n) is 9.91. The molecule has 0 radical (unpaired) electrons. The van der Waals surface area contributed by atoms with E-state index in [1.165, 1.54) is 55.5 Å². The normalized spacial score (nSPS) is 14.0. The van der Waals surface area contributed by atoms with Crippen LogP contribution in [0.4, 0.5) is 0 Å². The van der Waals surface area contributed by atoms with E-state index in [-0.39, 0.29) is 0 Å². The van der Waals surface area contributed by atoms with Crippen LogP contribution < -0.4 is 0 Å². The van der Waals surface area contributed by atoms with Gasteiger partial charge in [0.1, 0.15) is 0 Å². The van der Waals surface area contributed by atoms with Gasteiger partial charge in [-0.25, -0.2) is 0 Å². The second kappa shape index (κ2) is 6.42. The lowest BCUT2D eigenvalue weighted by Gasteiger charge is -2.12. The van der Waals surface area contributed by atoms with Crippen molar-refractivity contribution in [2.75, 3.05) is 0 Å². The van der Waals surface area contributed by atoms with Crippen molar-refractivity contribution in [3.63, 3.8) is 0 Å². The summed E-state index contributed by atoms with van der Waals surface area (Å²) in [6.07, 6.45) is 10.9. The Morgan fingerprint density at radius 3 is 2.82 bits per heavy atom. The van der Waals surface area contributed by atoms with Crippen molar-refractivity contribution in [3.8, 4) is 0 Å². The van der Waals surface area contributed by atoms with Gasteiger partial charge in [0, 0.05) is 51.2 Å². The lowest BCUT2D eigenvalue weighted by atomic mass is 9.96. The Morgan fingerprint density at radius 1 is 1.14 bits per heavy atom. The number of hydrogen-bond donors (Lipinski definition) is 1. The van der Waals surface area contributed by atoms with Gasteiger partial charge in [-0.15, -0.1) is 0 Å². The van der Waals surface area contributed by atoms with E-state index in [9.17, 15) is 0 Å². The molecule has 1 aliphatic rings. The number of aryl methyl sites for hydroxylation is 2. The molecule has 0 fully saturated rings. The highest BCUT2D eigenvalue weighted by molar-refractivity contribution is 6.00.